The van der Waals surface area contributed by atoms with Gasteiger partial charge in [-0.3, -0.25) is 0 Å². The van der Waals surface area contributed by atoms with Crippen LogP contribution in [0.25, 0.3) is 5.69 Å². The Labute approximate surface area is 159 Å². The number of nitrogens with one attached hydrogen (secondary N) is 2. The lowest BCUT2D eigenvalue weighted by Gasteiger charge is -2.11. The van der Waals surface area contributed by atoms with Crippen LogP contribution in [0.3, 0.4) is 0 Å². The molecule has 0 unspecified atom stereocenters. The lowest BCUT2D eigenvalue weighted by Crippen LogP contribution is -2.28. The van der Waals surface area contributed by atoms with E-state index in [2.05, 4.69) is 22.1 Å². The van der Waals surface area contributed by atoms with E-state index in [1.54, 1.807) is 12.1 Å². The Morgan fingerprint density at radius 2 is 1.70 bits per heavy atom. The normalized spacial score (nSPS) is 10.7. The van der Waals surface area contributed by atoms with E-state index < -0.39 is 0 Å². The Morgan fingerprint density at radius 3 is 2.33 bits per heavy atom. The number of aryl methyl sites for hydroxylation is 2. The van der Waals surface area contributed by atoms with Gasteiger partial charge in [0.15, 0.2) is 0 Å². The van der Waals surface area contributed by atoms with Gasteiger partial charge in [-0.2, -0.15) is 0 Å². The van der Waals surface area contributed by atoms with Crippen molar-refractivity contribution in [3.63, 3.8) is 0 Å². The van der Waals surface area contributed by atoms with Crippen molar-refractivity contribution >= 4 is 11.7 Å². The molecule has 0 fully saturated rings. The Bertz CT molecular complexity index is 927. The summed E-state index contributed by atoms with van der Waals surface area (Å²) in [7, 11) is 0. The van der Waals surface area contributed by atoms with Crippen molar-refractivity contribution in [1.82, 2.24) is 9.88 Å². The van der Waals surface area contributed by atoms with Crippen LogP contribution in [-0.4, -0.2) is 10.6 Å². The standard InChI is InChI=1S/C22H24FN3O/c1-4-17-5-9-20(10-6-17)25-22(27)24-14-18-13-15(2)26(16(18)3)21-11-7-19(23)8-12-21/h5-13H,4,14H2,1-3H3,(H2,24,25,27). The van der Waals surface area contributed by atoms with Crippen LogP contribution in [-0.2, 0) is 13.0 Å². The SMILES string of the molecule is CCc1ccc(NC(=O)NCc2cc(C)n(-c3ccc(F)cc3)c2C)cc1. The first-order chi connectivity index (χ1) is 13.0. The number of amides is 2. The minimum absolute atomic E-state index is 0.245. The molecule has 3 aromatic rings. The number of carbonyl (C=O) groups is 1. The molecule has 0 radical (unpaired) electrons. The first-order valence-electron chi connectivity index (χ1n) is 9.05. The second kappa shape index (κ2) is 8.08. The Kier molecular flexibility index (Phi) is 5.60. The summed E-state index contributed by atoms with van der Waals surface area (Å²) in [5, 5.41) is 5.74. The van der Waals surface area contributed by atoms with E-state index in [1.807, 2.05) is 44.2 Å². The zero-order valence-electron chi connectivity index (χ0n) is 15.8. The van der Waals surface area contributed by atoms with Crippen molar-refractivity contribution in [3.05, 3.63) is 82.9 Å². The van der Waals surface area contributed by atoms with Crippen LogP contribution in [0.5, 0.6) is 0 Å². The predicted octanol–water partition coefficient (Wildman–Crippen LogP) is 5.12. The quantitative estimate of drug-likeness (QED) is 0.648. The molecule has 0 saturated carbocycles. The summed E-state index contributed by atoms with van der Waals surface area (Å²) < 4.78 is 15.2. The van der Waals surface area contributed by atoms with Gasteiger partial charge < -0.3 is 15.2 Å². The molecule has 5 heteroatoms. The number of aromatic nitrogens is 1. The fraction of sp³-hybridized carbons (Fsp3) is 0.227. The molecule has 1 aromatic heterocycles. The third-order valence-corrected chi connectivity index (χ3v) is 4.68. The van der Waals surface area contributed by atoms with Crippen molar-refractivity contribution in [1.29, 1.82) is 0 Å². The maximum absolute atomic E-state index is 13.2. The lowest BCUT2D eigenvalue weighted by atomic mass is 10.1. The molecule has 2 aromatic carbocycles. The number of benzene rings is 2. The Morgan fingerprint density at radius 1 is 1.04 bits per heavy atom. The second-order valence-electron chi connectivity index (χ2n) is 6.57. The lowest BCUT2D eigenvalue weighted by molar-refractivity contribution is 0.251. The van der Waals surface area contributed by atoms with Crippen LogP contribution in [0.1, 0.15) is 29.4 Å². The number of halogens is 1. The molecular formula is C22H24FN3O. The van der Waals surface area contributed by atoms with Gasteiger partial charge in [-0.05, 0) is 73.9 Å². The van der Waals surface area contributed by atoms with Crippen LogP contribution in [0.4, 0.5) is 14.9 Å². The van der Waals surface area contributed by atoms with Gasteiger partial charge in [0.2, 0.25) is 0 Å². The molecule has 0 bridgehead atoms. The van der Waals surface area contributed by atoms with E-state index in [4.69, 9.17) is 0 Å². The molecule has 0 aliphatic carbocycles. The highest BCUT2D eigenvalue weighted by atomic mass is 19.1. The molecule has 2 amide bonds. The highest BCUT2D eigenvalue weighted by Crippen LogP contribution is 2.21. The molecule has 0 atom stereocenters. The first kappa shape index (κ1) is 18.7. The summed E-state index contributed by atoms with van der Waals surface area (Å²) in [5.41, 5.74) is 5.97. The summed E-state index contributed by atoms with van der Waals surface area (Å²) in [6.07, 6.45) is 0.968. The maximum atomic E-state index is 13.2. The van der Waals surface area contributed by atoms with Crippen LogP contribution < -0.4 is 10.6 Å². The molecule has 0 saturated heterocycles. The van der Waals surface area contributed by atoms with Crippen LogP contribution in [0, 0.1) is 19.7 Å². The Balaban J connectivity index is 1.66. The number of urea groups is 1. The van der Waals surface area contributed by atoms with Gasteiger partial charge in [-0.15, -0.1) is 0 Å². The Hall–Kier alpha value is -3.08. The largest absolute Gasteiger partial charge is 0.334 e. The van der Waals surface area contributed by atoms with Gasteiger partial charge in [0.05, 0.1) is 0 Å². The third kappa shape index (κ3) is 4.37. The smallest absolute Gasteiger partial charge is 0.319 e. The van der Waals surface area contributed by atoms with Gasteiger partial charge in [-0.1, -0.05) is 19.1 Å². The molecule has 3 rings (SSSR count). The highest BCUT2D eigenvalue weighted by Gasteiger charge is 2.12. The number of hydrogen-bond donors (Lipinski definition) is 2. The average molecular weight is 365 g/mol. The zero-order valence-corrected chi connectivity index (χ0v) is 15.8. The summed E-state index contributed by atoms with van der Waals surface area (Å²) in [5.74, 6) is -0.258. The van der Waals surface area contributed by atoms with Crippen molar-refractivity contribution in [2.45, 2.75) is 33.7 Å². The van der Waals surface area contributed by atoms with Gasteiger partial charge in [0, 0.05) is 29.3 Å². The van der Waals surface area contributed by atoms with E-state index in [0.717, 1.165) is 34.7 Å². The van der Waals surface area contributed by atoms with Gasteiger partial charge in [0.25, 0.3) is 0 Å². The van der Waals surface area contributed by atoms with Crippen LogP contribution in [0.15, 0.2) is 54.6 Å². The summed E-state index contributed by atoms with van der Waals surface area (Å²) >= 11 is 0. The predicted molar refractivity (Wildman–Crippen MR) is 107 cm³/mol. The van der Waals surface area contributed by atoms with E-state index in [-0.39, 0.29) is 11.8 Å². The van der Waals surface area contributed by atoms with Crippen molar-refractivity contribution in [3.8, 4) is 5.69 Å². The van der Waals surface area contributed by atoms with Gasteiger partial charge in [0.1, 0.15) is 5.82 Å². The molecule has 4 nitrogen and oxygen atoms in total. The van der Waals surface area contributed by atoms with Crippen LogP contribution in [0.2, 0.25) is 0 Å². The molecule has 0 aliphatic heterocycles. The van der Waals surface area contributed by atoms with Crippen molar-refractivity contribution in [2.75, 3.05) is 5.32 Å². The zero-order chi connectivity index (χ0) is 19.4. The maximum Gasteiger partial charge on any atom is 0.319 e. The number of carbonyl (C=O) groups excluding carboxylic acids is 1. The summed E-state index contributed by atoms with van der Waals surface area (Å²) in [6.45, 7) is 6.50. The van der Waals surface area contributed by atoms with Gasteiger partial charge >= 0.3 is 6.03 Å². The topological polar surface area (TPSA) is 46.1 Å². The number of rotatable bonds is 5. The van der Waals surface area contributed by atoms with Crippen LogP contribution >= 0.6 is 0 Å². The monoisotopic (exact) mass is 365 g/mol. The molecule has 0 spiro atoms. The minimum Gasteiger partial charge on any atom is -0.334 e. The molecule has 27 heavy (non-hydrogen) atoms. The molecule has 1 heterocycles. The average Bonchev–Trinajstić information content (AvgIpc) is 2.95. The van der Waals surface area contributed by atoms with E-state index in [0.29, 0.717) is 6.54 Å². The van der Waals surface area contributed by atoms with Gasteiger partial charge in [-0.25, -0.2) is 9.18 Å². The first-order valence-corrected chi connectivity index (χ1v) is 9.05. The van der Waals surface area contributed by atoms with Crippen molar-refractivity contribution in [2.24, 2.45) is 0 Å². The minimum atomic E-state index is -0.258. The fourth-order valence-corrected chi connectivity index (χ4v) is 3.17. The molecule has 0 aliphatic rings. The summed E-state index contributed by atoms with van der Waals surface area (Å²) in [4.78, 5) is 12.2. The highest BCUT2D eigenvalue weighted by molar-refractivity contribution is 5.89. The molecule has 140 valence electrons. The van der Waals surface area contributed by atoms with E-state index in [1.165, 1.54) is 17.7 Å². The molecular weight excluding hydrogens is 341 g/mol. The fourth-order valence-electron chi connectivity index (χ4n) is 3.17. The van der Waals surface area contributed by atoms with E-state index in [9.17, 15) is 9.18 Å². The van der Waals surface area contributed by atoms with E-state index >= 15 is 0 Å². The van der Waals surface area contributed by atoms with Crippen molar-refractivity contribution < 1.29 is 9.18 Å². The number of hydrogen-bond acceptors (Lipinski definition) is 1. The number of anilines is 1. The number of nitrogens with zero attached hydrogens (tertiary/aromatic N) is 1. The second-order valence-corrected chi connectivity index (χ2v) is 6.57. The summed E-state index contributed by atoms with van der Waals surface area (Å²) in [6, 6.07) is 16.0. The third-order valence-electron chi connectivity index (χ3n) is 4.68. The molecule has 2 N–H and O–H groups in total.